The van der Waals surface area contributed by atoms with Crippen LogP contribution < -0.4 is 0 Å². The lowest BCUT2D eigenvalue weighted by Crippen LogP contribution is -1.65. The molecule has 0 aromatic rings. The minimum atomic E-state index is 1.15. The first-order valence-corrected chi connectivity index (χ1v) is 3.41. The van der Waals surface area contributed by atoms with Crippen molar-refractivity contribution in [2.45, 2.75) is 19.3 Å². The van der Waals surface area contributed by atoms with E-state index in [1.807, 2.05) is 0 Å². The molecular weight excluding hydrogens is 104 g/mol. The zero-order chi connectivity index (χ0) is 4.95. The third kappa shape index (κ3) is 2.03. The predicted molar refractivity (Wildman–Crippen MR) is 33.8 cm³/mol. The third-order valence-electron chi connectivity index (χ3n) is 0.897. The lowest BCUT2D eigenvalue weighted by molar-refractivity contribution is 0.863. The average molecular weight is 112 g/mol. The van der Waals surface area contributed by atoms with Crippen LogP contribution in [0.4, 0.5) is 0 Å². The highest BCUT2D eigenvalue weighted by Crippen LogP contribution is 2.17. The van der Waals surface area contributed by atoms with Crippen LogP contribution in [0, 0.1) is 5.75 Å². The van der Waals surface area contributed by atoms with Gasteiger partial charge >= 0.3 is 0 Å². The van der Waals surface area contributed by atoms with Crippen molar-refractivity contribution < 1.29 is 0 Å². The Balaban J connectivity index is 2.20. The van der Waals surface area contributed by atoms with Gasteiger partial charge in [-0.1, -0.05) is 6.08 Å². The smallest absolute Gasteiger partial charge is 0.0529 e. The summed E-state index contributed by atoms with van der Waals surface area (Å²) in [6, 6.07) is 0. The monoisotopic (exact) mass is 112 g/mol. The molecule has 0 saturated carbocycles. The van der Waals surface area contributed by atoms with Crippen molar-refractivity contribution in [2.75, 3.05) is 0 Å². The van der Waals surface area contributed by atoms with Gasteiger partial charge in [0.15, 0.2) is 0 Å². The van der Waals surface area contributed by atoms with E-state index in [2.05, 4.69) is 17.2 Å². The predicted octanol–water partition coefficient (Wildman–Crippen LogP) is 2.46. The summed E-state index contributed by atoms with van der Waals surface area (Å²) in [5, 5.41) is 2.10. The maximum absolute atomic E-state index is 3.18. The molecule has 38 valence electrons. The van der Waals surface area contributed by atoms with Gasteiger partial charge in [-0.3, -0.25) is 0 Å². The molecule has 0 amide bonds. The van der Waals surface area contributed by atoms with E-state index in [0.717, 1.165) is 6.42 Å². The van der Waals surface area contributed by atoms with Gasteiger partial charge in [0.25, 0.3) is 0 Å². The largest absolute Gasteiger partial charge is 0.125 e. The summed E-state index contributed by atoms with van der Waals surface area (Å²) in [7, 11) is 0. The van der Waals surface area contributed by atoms with E-state index in [4.69, 9.17) is 0 Å². The van der Waals surface area contributed by atoms with Gasteiger partial charge in [-0.05, 0) is 24.7 Å². The van der Waals surface area contributed by atoms with E-state index in [1.165, 1.54) is 12.8 Å². The Morgan fingerprint density at radius 2 is 2.57 bits per heavy atom. The lowest BCUT2D eigenvalue weighted by Gasteiger charge is -1.84. The number of hydrogen-bond acceptors (Lipinski definition) is 1. The van der Waals surface area contributed by atoms with Crippen LogP contribution in [-0.4, -0.2) is 0 Å². The molecule has 0 nitrogen and oxygen atoms in total. The Kier molecular flexibility index (Phi) is 2.35. The molecule has 0 aliphatic carbocycles. The summed E-state index contributed by atoms with van der Waals surface area (Å²) < 4.78 is 0. The fourth-order valence-corrected chi connectivity index (χ4v) is 1.11. The van der Waals surface area contributed by atoms with Crippen LogP contribution in [0.2, 0.25) is 0 Å². The van der Waals surface area contributed by atoms with E-state index in [1.54, 1.807) is 11.8 Å². The first-order chi connectivity index (χ1) is 3.50. The Morgan fingerprint density at radius 1 is 1.57 bits per heavy atom. The van der Waals surface area contributed by atoms with Crippen LogP contribution in [0.5, 0.6) is 0 Å². The number of allylic oxidation sites excluding steroid dienone is 1. The number of thioether (sulfide) groups is 1. The quantitative estimate of drug-likeness (QED) is 0.464. The molecular formula is C6H8S. The molecule has 0 N–H and O–H groups in total. The van der Waals surface area contributed by atoms with Crippen LogP contribution in [-0.2, 0) is 0 Å². The standard InChI is InChI=1S/C6H8S/c1-2-4-6-7-5-3-1/h3,5H,1-2,4H2. The molecule has 7 heavy (non-hydrogen) atoms. The van der Waals surface area contributed by atoms with Gasteiger partial charge in [-0.15, -0.1) is 11.8 Å². The molecule has 2 radical (unpaired) electrons. The minimum Gasteiger partial charge on any atom is -0.125 e. The van der Waals surface area contributed by atoms with Crippen LogP contribution in [0.25, 0.3) is 0 Å². The summed E-state index contributed by atoms with van der Waals surface area (Å²) in [6.45, 7) is 0. The highest BCUT2D eigenvalue weighted by atomic mass is 32.2. The Labute approximate surface area is 49.0 Å². The van der Waals surface area contributed by atoms with Crippen molar-refractivity contribution in [3.8, 4) is 0 Å². The van der Waals surface area contributed by atoms with Gasteiger partial charge in [0.05, 0.1) is 5.75 Å². The third-order valence-corrected chi connectivity index (χ3v) is 1.60. The zero-order valence-corrected chi connectivity index (χ0v) is 5.00. The molecule has 0 atom stereocenters. The minimum absolute atomic E-state index is 1.15. The fourth-order valence-electron chi connectivity index (χ4n) is 0.515. The van der Waals surface area contributed by atoms with Gasteiger partial charge in [-0.25, -0.2) is 0 Å². The summed E-state index contributed by atoms with van der Waals surface area (Å²) in [4.78, 5) is 0. The van der Waals surface area contributed by atoms with Crippen molar-refractivity contribution >= 4 is 11.8 Å². The normalized spacial score (nSPS) is 21.7. The van der Waals surface area contributed by atoms with Crippen molar-refractivity contribution in [3.63, 3.8) is 0 Å². The molecule has 0 saturated heterocycles. The first-order valence-electron chi connectivity index (χ1n) is 2.53. The number of rotatable bonds is 0. The van der Waals surface area contributed by atoms with Gasteiger partial charge in [0.2, 0.25) is 0 Å². The highest BCUT2D eigenvalue weighted by molar-refractivity contribution is 8.04. The molecule has 1 heteroatoms. The first kappa shape index (κ1) is 5.23. The van der Waals surface area contributed by atoms with Crippen LogP contribution >= 0.6 is 11.8 Å². The molecule has 1 heterocycles. The van der Waals surface area contributed by atoms with E-state index in [-0.39, 0.29) is 0 Å². The van der Waals surface area contributed by atoms with E-state index in [9.17, 15) is 0 Å². The topological polar surface area (TPSA) is 0 Å². The Morgan fingerprint density at radius 3 is 3.57 bits per heavy atom. The van der Waals surface area contributed by atoms with Crippen LogP contribution in [0.1, 0.15) is 19.3 Å². The Bertz CT molecular complexity index is 58.6. The summed E-state index contributed by atoms with van der Waals surface area (Å²) in [5.41, 5.74) is 0. The molecule has 0 aromatic carbocycles. The zero-order valence-electron chi connectivity index (χ0n) is 4.18. The molecule has 1 aliphatic rings. The molecule has 0 aromatic heterocycles. The molecule has 0 bridgehead atoms. The number of hydrogen-bond donors (Lipinski definition) is 0. The van der Waals surface area contributed by atoms with Crippen molar-refractivity contribution in [1.29, 1.82) is 0 Å². The average Bonchev–Trinajstić information content (AvgIpc) is 1.90. The second-order valence-electron chi connectivity index (χ2n) is 1.53. The molecule has 0 spiro atoms. The SMILES string of the molecule is [C]1CCCC=CS1. The van der Waals surface area contributed by atoms with Crippen LogP contribution in [0.15, 0.2) is 11.5 Å². The van der Waals surface area contributed by atoms with E-state index < -0.39 is 0 Å². The highest BCUT2D eigenvalue weighted by Gasteiger charge is 1.90. The fraction of sp³-hybridized carbons (Fsp3) is 0.500. The maximum atomic E-state index is 3.18. The van der Waals surface area contributed by atoms with Gasteiger partial charge < -0.3 is 0 Å². The van der Waals surface area contributed by atoms with Gasteiger partial charge in [-0.2, -0.15) is 0 Å². The second-order valence-corrected chi connectivity index (χ2v) is 2.32. The van der Waals surface area contributed by atoms with E-state index in [0.29, 0.717) is 0 Å². The van der Waals surface area contributed by atoms with Crippen LogP contribution in [0.3, 0.4) is 0 Å². The Hall–Kier alpha value is 0.0900. The second kappa shape index (κ2) is 3.14. The lowest BCUT2D eigenvalue weighted by atomic mass is 10.3. The molecule has 1 rings (SSSR count). The van der Waals surface area contributed by atoms with Crippen molar-refractivity contribution in [3.05, 3.63) is 17.2 Å². The summed E-state index contributed by atoms with van der Waals surface area (Å²) >= 11 is 1.69. The molecule has 0 fully saturated rings. The summed E-state index contributed by atoms with van der Waals surface area (Å²) in [5.74, 6) is 3.18. The van der Waals surface area contributed by atoms with Crippen molar-refractivity contribution in [2.24, 2.45) is 0 Å². The molecule has 1 aliphatic heterocycles. The molecule has 0 unspecified atom stereocenters. The van der Waals surface area contributed by atoms with E-state index >= 15 is 0 Å². The van der Waals surface area contributed by atoms with Gasteiger partial charge in [0.1, 0.15) is 0 Å². The maximum Gasteiger partial charge on any atom is 0.0529 e. The van der Waals surface area contributed by atoms with Gasteiger partial charge in [0, 0.05) is 0 Å². The summed E-state index contributed by atoms with van der Waals surface area (Å²) in [6.07, 6.45) is 5.87. The van der Waals surface area contributed by atoms with Crippen molar-refractivity contribution in [1.82, 2.24) is 0 Å².